The summed E-state index contributed by atoms with van der Waals surface area (Å²) in [5.74, 6) is 0.823. The van der Waals surface area contributed by atoms with Gasteiger partial charge >= 0.3 is 0 Å². The van der Waals surface area contributed by atoms with Gasteiger partial charge in [-0.2, -0.15) is 0 Å². The second kappa shape index (κ2) is 14.7. The Balaban J connectivity index is 1.69. The number of nitrogens with one attached hydrogen (secondary N) is 1. The van der Waals surface area contributed by atoms with Crippen LogP contribution in [0.3, 0.4) is 0 Å². The average molecular weight is 560 g/mol. The van der Waals surface area contributed by atoms with Crippen molar-refractivity contribution < 1.29 is 9.50 Å². The second-order valence-corrected chi connectivity index (χ2v) is 12.4. The molecule has 3 rings (SSSR count). The van der Waals surface area contributed by atoms with Crippen LogP contribution < -0.4 is 5.32 Å². The van der Waals surface area contributed by atoms with Gasteiger partial charge in [0.1, 0.15) is 5.67 Å². The number of alkyl halides is 1. The van der Waals surface area contributed by atoms with Crippen molar-refractivity contribution in [3.63, 3.8) is 0 Å². The summed E-state index contributed by atoms with van der Waals surface area (Å²) in [5.41, 5.74) is 5.95. The molecule has 4 nitrogen and oxygen atoms in total. The van der Waals surface area contributed by atoms with E-state index in [-0.39, 0.29) is 11.8 Å². The molecule has 2 aliphatic carbocycles. The zero-order chi connectivity index (χ0) is 30.2. The van der Waals surface area contributed by atoms with E-state index in [4.69, 9.17) is 4.99 Å². The number of nitrogens with zero attached hydrogens (tertiary/aromatic N) is 2. The second-order valence-electron chi connectivity index (χ2n) is 12.4. The average Bonchev–Trinajstić information content (AvgIpc) is 2.95. The van der Waals surface area contributed by atoms with Crippen LogP contribution in [0.15, 0.2) is 101 Å². The van der Waals surface area contributed by atoms with Crippen molar-refractivity contribution in [3.8, 4) is 0 Å². The van der Waals surface area contributed by atoms with E-state index in [9.17, 15) is 9.50 Å². The van der Waals surface area contributed by atoms with E-state index in [2.05, 4.69) is 50.4 Å². The fourth-order valence-corrected chi connectivity index (χ4v) is 5.65. The standard InChI is InChI=1S/C36H50FN3O/c1-9-33(27(5)26(4)31-15-17-38-18-16-31)28(6)39-22-29-11-10-12-30(20-29)23-40-35(19-25(3)36(7,8)37)34-21-32(41)14-13-24(34)2/h9,13-19,22,25-26,29-30,32,40-41H,1,6,10-12,20-21,23H2,2-5,7-8H3/b33-27+,35-19+,39-22?/t25?,26?,29?,30?,32-/m0/s1. The van der Waals surface area contributed by atoms with Crippen molar-refractivity contribution in [3.05, 3.63) is 101 Å². The van der Waals surface area contributed by atoms with Gasteiger partial charge in [-0.15, -0.1) is 0 Å². The van der Waals surface area contributed by atoms with E-state index >= 15 is 0 Å². The molecule has 5 heteroatoms. The molecule has 222 valence electrons. The molecule has 2 aliphatic rings. The molecular weight excluding hydrogens is 509 g/mol. The van der Waals surface area contributed by atoms with E-state index in [0.717, 1.165) is 60.3 Å². The van der Waals surface area contributed by atoms with Gasteiger partial charge in [-0.25, -0.2) is 4.39 Å². The number of aromatic nitrogens is 1. The smallest absolute Gasteiger partial charge is 0.111 e. The largest absolute Gasteiger partial charge is 0.389 e. The Morgan fingerprint density at radius 2 is 1.98 bits per heavy atom. The zero-order valence-corrected chi connectivity index (χ0v) is 26.0. The number of aliphatic imine (C=N–C) groups is 1. The molecule has 1 aromatic rings. The Bertz CT molecular complexity index is 1210. The zero-order valence-electron chi connectivity index (χ0n) is 26.0. The van der Waals surface area contributed by atoms with Gasteiger partial charge in [0.15, 0.2) is 0 Å². The van der Waals surface area contributed by atoms with Crippen molar-refractivity contribution in [2.24, 2.45) is 22.7 Å². The lowest BCUT2D eigenvalue weighted by atomic mass is 9.81. The van der Waals surface area contributed by atoms with E-state index in [1.807, 2.05) is 55.8 Å². The Hall–Kier alpha value is -3.05. The van der Waals surface area contributed by atoms with Gasteiger partial charge in [-0.05, 0) is 93.2 Å². The van der Waals surface area contributed by atoms with Crippen LogP contribution in [0.5, 0.6) is 0 Å². The molecule has 0 aliphatic heterocycles. The minimum atomic E-state index is -1.33. The fraction of sp³-hybridized carbons (Fsp3) is 0.500. The number of allylic oxidation sites excluding steroid dienone is 6. The molecule has 1 fully saturated rings. The third kappa shape index (κ3) is 9.22. The summed E-state index contributed by atoms with van der Waals surface area (Å²) in [5, 5.41) is 14.0. The molecule has 0 amide bonds. The maximum atomic E-state index is 14.8. The van der Waals surface area contributed by atoms with Gasteiger partial charge in [-0.1, -0.05) is 63.3 Å². The molecule has 1 heterocycles. The lowest BCUT2D eigenvalue weighted by Gasteiger charge is -2.30. The minimum absolute atomic E-state index is 0.218. The predicted molar refractivity (Wildman–Crippen MR) is 172 cm³/mol. The van der Waals surface area contributed by atoms with Crippen LogP contribution in [0.2, 0.25) is 0 Å². The molecule has 1 aromatic heterocycles. The first-order valence-electron chi connectivity index (χ1n) is 15.1. The van der Waals surface area contributed by atoms with Gasteiger partial charge in [0.05, 0.1) is 11.8 Å². The van der Waals surface area contributed by atoms with Crippen LogP contribution in [0, 0.1) is 17.8 Å². The summed E-state index contributed by atoms with van der Waals surface area (Å²) in [6.45, 7) is 20.7. The number of rotatable bonds is 12. The molecule has 41 heavy (non-hydrogen) atoms. The monoisotopic (exact) mass is 559 g/mol. The third-order valence-electron chi connectivity index (χ3n) is 8.92. The summed E-state index contributed by atoms with van der Waals surface area (Å²) in [6.07, 6.45) is 17.9. The van der Waals surface area contributed by atoms with Crippen LogP contribution in [0.1, 0.15) is 85.1 Å². The van der Waals surface area contributed by atoms with E-state index in [1.54, 1.807) is 13.8 Å². The normalized spacial score (nSPS) is 24.2. The molecule has 0 aromatic carbocycles. The van der Waals surface area contributed by atoms with Gasteiger partial charge in [-0.3, -0.25) is 9.98 Å². The predicted octanol–water partition coefficient (Wildman–Crippen LogP) is 8.57. The topological polar surface area (TPSA) is 57.5 Å². The first-order chi connectivity index (χ1) is 19.4. The number of aliphatic hydroxyl groups excluding tert-OH is 1. The van der Waals surface area contributed by atoms with Crippen molar-refractivity contribution in [2.45, 2.75) is 91.3 Å². The molecule has 0 spiro atoms. The quantitative estimate of drug-likeness (QED) is 0.199. The molecule has 1 saturated carbocycles. The number of hydrogen-bond acceptors (Lipinski definition) is 4. The molecule has 2 N–H and O–H groups in total. The number of aliphatic hydroxyl groups is 1. The Morgan fingerprint density at radius 1 is 1.27 bits per heavy atom. The highest BCUT2D eigenvalue weighted by atomic mass is 19.1. The summed E-state index contributed by atoms with van der Waals surface area (Å²) < 4.78 is 14.8. The summed E-state index contributed by atoms with van der Waals surface area (Å²) in [4.78, 5) is 8.96. The minimum Gasteiger partial charge on any atom is -0.389 e. The molecular formula is C36H50FN3O. The fourth-order valence-electron chi connectivity index (χ4n) is 5.65. The van der Waals surface area contributed by atoms with Gasteiger partial charge < -0.3 is 10.4 Å². The Kier molecular flexibility index (Phi) is 11.7. The van der Waals surface area contributed by atoms with Crippen molar-refractivity contribution in [1.82, 2.24) is 10.3 Å². The van der Waals surface area contributed by atoms with Gasteiger partial charge in [0.25, 0.3) is 0 Å². The first kappa shape index (κ1) is 32.5. The highest BCUT2D eigenvalue weighted by Gasteiger charge is 2.26. The Morgan fingerprint density at radius 3 is 2.63 bits per heavy atom. The highest BCUT2D eigenvalue weighted by molar-refractivity contribution is 5.64. The summed E-state index contributed by atoms with van der Waals surface area (Å²) in [7, 11) is 0. The van der Waals surface area contributed by atoms with E-state index in [1.165, 1.54) is 11.1 Å². The SMILES string of the molecule is C=C/C(C(=C)N=CC1CCCC(CN/C(=C/C(C)C(C)(C)F)C2=C(C)C=C[C@H](O)C2)C1)=C(/C)C(C)c1ccncc1. The first-order valence-corrected chi connectivity index (χ1v) is 15.1. The molecule has 4 unspecified atom stereocenters. The molecule has 0 radical (unpaired) electrons. The van der Waals surface area contributed by atoms with Crippen LogP contribution in [-0.4, -0.2) is 34.6 Å². The van der Waals surface area contributed by atoms with Crippen molar-refractivity contribution in [2.75, 3.05) is 6.54 Å². The van der Waals surface area contributed by atoms with Gasteiger partial charge in [0.2, 0.25) is 0 Å². The molecule has 5 atom stereocenters. The highest BCUT2D eigenvalue weighted by Crippen LogP contribution is 2.33. The van der Waals surface area contributed by atoms with Crippen LogP contribution in [0.25, 0.3) is 0 Å². The third-order valence-corrected chi connectivity index (χ3v) is 8.92. The lowest BCUT2D eigenvalue weighted by molar-refractivity contribution is 0.164. The lowest BCUT2D eigenvalue weighted by Crippen LogP contribution is -2.30. The maximum Gasteiger partial charge on any atom is 0.111 e. The van der Waals surface area contributed by atoms with Crippen molar-refractivity contribution in [1.29, 1.82) is 0 Å². The number of halogens is 1. The van der Waals surface area contributed by atoms with Crippen molar-refractivity contribution >= 4 is 6.21 Å². The van der Waals surface area contributed by atoms with Crippen LogP contribution >= 0.6 is 0 Å². The molecule has 0 saturated heterocycles. The van der Waals surface area contributed by atoms with Crippen LogP contribution in [0.4, 0.5) is 4.39 Å². The molecule has 0 bridgehead atoms. The summed E-state index contributed by atoms with van der Waals surface area (Å²) in [6, 6.07) is 4.09. The number of pyridine rings is 1. The number of hydrogen-bond donors (Lipinski definition) is 2. The maximum absolute atomic E-state index is 14.8. The van der Waals surface area contributed by atoms with Gasteiger partial charge in [0, 0.05) is 49.1 Å². The summed E-state index contributed by atoms with van der Waals surface area (Å²) >= 11 is 0. The van der Waals surface area contributed by atoms with E-state index < -0.39 is 11.8 Å². The Labute approximate surface area is 247 Å². The van der Waals surface area contributed by atoms with E-state index in [0.29, 0.717) is 18.3 Å². The van der Waals surface area contributed by atoms with Crippen LogP contribution in [-0.2, 0) is 0 Å².